The van der Waals surface area contributed by atoms with E-state index in [1.165, 1.54) is 6.42 Å². The number of anilines is 1. The van der Waals surface area contributed by atoms with Crippen molar-refractivity contribution in [3.8, 4) is 0 Å². The number of nitrogens with one attached hydrogen (secondary N) is 1. The molecule has 4 heteroatoms. The highest BCUT2D eigenvalue weighted by Crippen LogP contribution is 2.15. The van der Waals surface area contributed by atoms with Crippen LogP contribution in [0.5, 0.6) is 0 Å². The lowest BCUT2D eigenvalue weighted by Gasteiger charge is -2.09. The topological polar surface area (TPSA) is 47.0 Å². The Morgan fingerprint density at radius 3 is 2.50 bits per heavy atom. The minimum absolute atomic E-state index is 0.799. The second-order valence-corrected chi connectivity index (χ2v) is 4.89. The third-order valence-electron chi connectivity index (χ3n) is 3.14. The van der Waals surface area contributed by atoms with Crippen molar-refractivity contribution < 1.29 is 4.74 Å². The lowest BCUT2D eigenvalue weighted by atomic mass is 10.3. The largest absolute Gasteiger partial charge is 0.381 e. The smallest absolute Gasteiger partial charge is 0.148 e. The number of benzene rings is 1. The second-order valence-electron chi connectivity index (χ2n) is 4.89. The minimum Gasteiger partial charge on any atom is -0.381 e. The lowest BCUT2D eigenvalue weighted by molar-refractivity contribution is 0.131. The fraction of sp³-hybridized carbons (Fsp3) is 0.500. The molecule has 1 aromatic heterocycles. The first kappa shape index (κ1) is 14.7. The van der Waals surface area contributed by atoms with E-state index in [9.17, 15) is 0 Å². The Labute approximate surface area is 120 Å². The number of aryl methyl sites for hydroxylation is 1. The number of fused-ring (bicyclic) bond motifs is 1. The number of unbranched alkanes of at least 4 members (excludes halogenated alkanes) is 1. The first-order chi connectivity index (χ1) is 9.81. The van der Waals surface area contributed by atoms with E-state index in [0.717, 1.165) is 55.1 Å². The van der Waals surface area contributed by atoms with Gasteiger partial charge in [-0.15, -0.1) is 0 Å². The van der Waals surface area contributed by atoms with Gasteiger partial charge in [-0.3, -0.25) is 0 Å². The van der Waals surface area contributed by atoms with Crippen molar-refractivity contribution in [1.29, 1.82) is 0 Å². The average Bonchev–Trinajstić information content (AvgIpc) is 2.46. The number of hydrogen-bond donors (Lipinski definition) is 1. The van der Waals surface area contributed by atoms with Crippen molar-refractivity contribution in [1.82, 2.24) is 9.97 Å². The van der Waals surface area contributed by atoms with Gasteiger partial charge in [0.05, 0.1) is 16.7 Å². The van der Waals surface area contributed by atoms with Crippen LogP contribution in [0.2, 0.25) is 0 Å². The summed E-state index contributed by atoms with van der Waals surface area (Å²) in [5, 5.41) is 3.34. The summed E-state index contributed by atoms with van der Waals surface area (Å²) < 4.78 is 5.54. The Kier molecular flexibility index (Phi) is 5.74. The molecule has 0 aliphatic carbocycles. The van der Waals surface area contributed by atoms with Crippen molar-refractivity contribution in [2.75, 3.05) is 25.1 Å². The molecule has 20 heavy (non-hydrogen) atoms. The molecule has 2 aromatic rings. The van der Waals surface area contributed by atoms with Gasteiger partial charge < -0.3 is 10.1 Å². The molecule has 0 bridgehead atoms. The third kappa shape index (κ3) is 4.17. The second kappa shape index (κ2) is 7.80. The molecule has 1 aromatic carbocycles. The summed E-state index contributed by atoms with van der Waals surface area (Å²) in [7, 11) is 0. The zero-order chi connectivity index (χ0) is 14.2. The van der Waals surface area contributed by atoms with Crippen LogP contribution in [0.15, 0.2) is 24.3 Å². The standard InChI is InChI=1S/C16H23N3O/c1-3-4-11-20-12-7-10-17-16-13(2)18-14-8-5-6-9-15(14)19-16/h5-6,8-9H,3-4,7,10-12H2,1-2H3,(H,17,19). The molecule has 0 fully saturated rings. The first-order valence-corrected chi connectivity index (χ1v) is 7.36. The molecule has 0 atom stereocenters. The highest BCUT2D eigenvalue weighted by atomic mass is 16.5. The van der Waals surface area contributed by atoms with Crippen LogP contribution in [0.4, 0.5) is 5.82 Å². The molecule has 0 spiro atoms. The van der Waals surface area contributed by atoms with Crippen LogP contribution in [-0.2, 0) is 4.74 Å². The van der Waals surface area contributed by atoms with Crippen LogP contribution in [0.3, 0.4) is 0 Å². The highest BCUT2D eigenvalue weighted by Gasteiger charge is 2.03. The van der Waals surface area contributed by atoms with Gasteiger partial charge in [-0.2, -0.15) is 0 Å². The van der Waals surface area contributed by atoms with Gasteiger partial charge in [0.25, 0.3) is 0 Å². The maximum absolute atomic E-state index is 5.54. The molecule has 2 rings (SSSR count). The predicted molar refractivity (Wildman–Crippen MR) is 83.1 cm³/mol. The van der Waals surface area contributed by atoms with Crippen molar-refractivity contribution in [3.05, 3.63) is 30.0 Å². The Morgan fingerprint density at radius 2 is 1.75 bits per heavy atom. The highest BCUT2D eigenvalue weighted by molar-refractivity contribution is 5.76. The van der Waals surface area contributed by atoms with Crippen molar-refractivity contribution in [3.63, 3.8) is 0 Å². The Hall–Kier alpha value is -1.68. The summed E-state index contributed by atoms with van der Waals surface area (Å²) in [6, 6.07) is 7.94. The molecule has 0 saturated carbocycles. The van der Waals surface area contributed by atoms with E-state index < -0.39 is 0 Å². The average molecular weight is 273 g/mol. The fourth-order valence-corrected chi connectivity index (χ4v) is 1.99. The van der Waals surface area contributed by atoms with Gasteiger partial charge in [0.1, 0.15) is 5.82 Å². The zero-order valence-corrected chi connectivity index (χ0v) is 12.4. The van der Waals surface area contributed by atoms with Gasteiger partial charge in [-0.05, 0) is 31.9 Å². The molecule has 0 amide bonds. The number of nitrogens with zero attached hydrogens (tertiary/aromatic N) is 2. The van der Waals surface area contributed by atoms with Crippen LogP contribution in [0.1, 0.15) is 31.9 Å². The summed E-state index contributed by atoms with van der Waals surface area (Å²) in [4.78, 5) is 9.17. The molecule has 0 aliphatic rings. The van der Waals surface area contributed by atoms with Crippen LogP contribution >= 0.6 is 0 Å². The summed E-state index contributed by atoms with van der Waals surface area (Å²) in [6.07, 6.45) is 3.31. The van der Waals surface area contributed by atoms with E-state index in [2.05, 4.69) is 22.2 Å². The van der Waals surface area contributed by atoms with E-state index in [0.29, 0.717) is 0 Å². The van der Waals surface area contributed by atoms with Crippen LogP contribution in [-0.4, -0.2) is 29.7 Å². The number of para-hydroxylation sites is 2. The van der Waals surface area contributed by atoms with Crippen LogP contribution in [0.25, 0.3) is 11.0 Å². The normalized spacial score (nSPS) is 10.9. The van der Waals surface area contributed by atoms with Gasteiger partial charge in [-0.1, -0.05) is 25.5 Å². The number of ether oxygens (including phenoxy) is 1. The molecule has 0 unspecified atom stereocenters. The monoisotopic (exact) mass is 273 g/mol. The van der Waals surface area contributed by atoms with Gasteiger partial charge in [-0.25, -0.2) is 9.97 Å². The fourth-order valence-electron chi connectivity index (χ4n) is 1.99. The van der Waals surface area contributed by atoms with Crippen molar-refractivity contribution >= 4 is 16.9 Å². The van der Waals surface area contributed by atoms with Crippen LogP contribution in [0, 0.1) is 6.92 Å². The molecule has 0 radical (unpaired) electrons. The van der Waals surface area contributed by atoms with Gasteiger partial charge >= 0.3 is 0 Å². The van der Waals surface area contributed by atoms with E-state index >= 15 is 0 Å². The Morgan fingerprint density at radius 1 is 1.05 bits per heavy atom. The van der Waals surface area contributed by atoms with Crippen LogP contribution < -0.4 is 5.32 Å². The first-order valence-electron chi connectivity index (χ1n) is 7.36. The SMILES string of the molecule is CCCCOCCCNc1nc2ccccc2nc1C. The molecule has 0 saturated heterocycles. The van der Waals surface area contributed by atoms with Crippen molar-refractivity contribution in [2.45, 2.75) is 33.1 Å². The van der Waals surface area contributed by atoms with Gasteiger partial charge in [0, 0.05) is 19.8 Å². The molecule has 108 valence electrons. The van der Waals surface area contributed by atoms with E-state index in [4.69, 9.17) is 4.74 Å². The Bertz CT molecular complexity index is 542. The molecular formula is C16H23N3O. The summed E-state index contributed by atoms with van der Waals surface area (Å²) in [5.41, 5.74) is 2.81. The molecule has 0 aliphatic heterocycles. The number of rotatable bonds is 8. The van der Waals surface area contributed by atoms with Gasteiger partial charge in [0.15, 0.2) is 0 Å². The van der Waals surface area contributed by atoms with Crippen molar-refractivity contribution in [2.24, 2.45) is 0 Å². The quantitative estimate of drug-likeness (QED) is 0.747. The Balaban J connectivity index is 1.82. The molecule has 4 nitrogen and oxygen atoms in total. The minimum atomic E-state index is 0.799. The maximum Gasteiger partial charge on any atom is 0.148 e. The lowest BCUT2D eigenvalue weighted by Crippen LogP contribution is -2.09. The summed E-state index contributed by atoms with van der Waals surface area (Å²) in [6.45, 7) is 6.68. The number of aromatic nitrogens is 2. The van der Waals surface area contributed by atoms with Gasteiger partial charge in [0.2, 0.25) is 0 Å². The molecule has 1 N–H and O–H groups in total. The zero-order valence-electron chi connectivity index (χ0n) is 12.4. The maximum atomic E-state index is 5.54. The third-order valence-corrected chi connectivity index (χ3v) is 3.14. The van der Waals surface area contributed by atoms with E-state index in [1.54, 1.807) is 0 Å². The van der Waals surface area contributed by atoms with E-state index in [1.807, 2.05) is 31.2 Å². The summed E-state index contributed by atoms with van der Waals surface area (Å²) >= 11 is 0. The van der Waals surface area contributed by atoms with E-state index in [-0.39, 0.29) is 0 Å². The molecule has 1 heterocycles. The summed E-state index contributed by atoms with van der Waals surface area (Å²) in [5.74, 6) is 0.872. The predicted octanol–water partition coefficient (Wildman–Crippen LogP) is 3.56. The number of hydrogen-bond acceptors (Lipinski definition) is 4. The molecular weight excluding hydrogens is 250 g/mol.